The van der Waals surface area contributed by atoms with Crippen LogP contribution in [0.4, 0.5) is 5.69 Å². The Labute approximate surface area is 109 Å². The number of para-hydroxylation sites is 1. The van der Waals surface area contributed by atoms with Gasteiger partial charge in [-0.3, -0.25) is 0 Å². The summed E-state index contributed by atoms with van der Waals surface area (Å²) in [6.45, 7) is 1.77. The van der Waals surface area contributed by atoms with Crippen molar-refractivity contribution in [3.63, 3.8) is 0 Å². The highest BCUT2D eigenvalue weighted by Crippen LogP contribution is 2.22. The summed E-state index contributed by atoms with van der Waals surface area (Å²) in [6, 6.07) is 10.2. The maximum absolute atomic E-state index is 11.6. The summed E-state index contributed by atoms with van der Waals surface area (Å²) in [5.74, 6) is 0. The molecule has 100 valence electrons. The van der Waals surface area contributed by atoms with Crippen LogP contribution in [-0.4, -0.2) is 45.2 Å². The maximum Gasteiger partial charge on any atom is 0.211 e. The van der Waals surface area contributed by atoms with Crippen molar-refractivity contribution in [2.24, 2.45) is 0 Å². The van der Waals surface area contributed by atoms with Gasteiger partial charge in [0, 0.05) is 31.9 Å². The van der Waals surface area contributed by atoms with Crippen molar-refractivity contribution in [3.05, 3.63) is 30.3 Å². The summed E-state index contributed by atoms with van der Waals surface area (Å²) >= 11 is 0. The third-order valence-electron chi connectivity index (χ3n) is 3.56. The van der Waals surface area contributed by atoms with Crippen molar-refractivity contribution in [3.8, 4) is 0 Å². The lowest BCUT2D eigenvalue weighted by molar-refractivity contribution is 0.322. The molecule has 1 saturated heterocycles. The monoisotopic (exact) mass is 268 g/mol. The molecule has 0 aromatic heterocycles. The third kappa shape index (κ3) is 3.03. The molecule has 1 heterocycles. The van der Waals surface area contributed by atoms with Crippen LogP contribution in [0, 0.1) is 0 Å². The molecule has 1 unspecified atom stereocenters. The molecule has 4 nitrogen and oxygen atoms in total. The topological polar surface area (TPSA) is 40.6 Å². The number of likely N-dealkylation sites (N-methyl/N-ethyl adjacent to an activating group) is 1. The molecular formula is C13H20N2O2S. The molecule has 2 rings (SSSR count). The molecule has 1 fully saturated rings. The standard InChI is InChI=1S/C13H20N2O2S/c1-14(18(2,16)17)13-9-6-10-15(11-13)12-7-4-3-5-8-12/h3-5,7-8,13H,6,9-11H2,1-2H3. The number of hydrogen-bond donors (Lipinski definition) is 0. The molecule has 0 N–H and O–H groups in total. The Morgan fingerprint density at radius 1 is 1.28 bits per heavy atom. The first kappa shape index (κ1) is 13.4. The molecule has 0 spiro atoms. The Kier molecular flexibility index (Phi) is 3.92. The lowest BCUT2D eigenvalue weighted by Gasteiger charge is -2.37. The Bertz CT molecular complexity index is 487. The zero-order valence-corrected chi connectivity index (χ0v) is 11.7. The molecule has 1 aliphatic heterocycles. The normalized spacial score (nSPS) is 21.3. The Hall–Kier alpha value is -1.07. The van der Waals surface area contributed by atoms with E-state index in [4.69, 9.17) is 0 Å². The van der Waals surface area contributed by atoms with Gasteiger partial charge < -0.3 is 4.90 Å². The second kappa shape index (κ2) is 5.28. The van der Waals surface area contributed by atoms with E-state index < -0.39 is 10.0 Å². The molecule has 5 heteroatoms. The average molecular weight is 268 g/mol. The number of nitrogens with zero attached hydrogens (tertiary/aromatic N) is 2. The van der Waals surface area contributed by atoms with E-state index in [0.717, 1.165) is 25.9 Å². The van der Waals surface area contributed by atoms with Gasteiger partial charge in [0.2, 0.25) is 10.0 Å². The molecule has 0 bridgehead atoms. The zero-order valence-electron chi connectivity index (χ0n) is 10.9. The van der Waals surface area contributed by atoms with Crippen LogP contribution >= 0.6 is 0 Å². The van der Waals surface area contributed by atoms with E-state index in [1.807, 2.05) is 18.2 Å². The minimum absolute atomic E-state index is 0.0777. The lowest BCUT2D eigenvalue weighted by Crippen LogP contribution is -2.48. The van der Waals surface area contributed by atoms with E-state index in [0.29, 0.717) is 0 Å². The first-order valence-electron chi connectivity index (χ1n) is 6.21. The number of anilines is 1. The number of benzene rings is 1. The van der Waals surface area contributed by atoms with E-state index in [9.17, 15) is 8.42 Å². The molecule has 0 radical (unpaired) electrons. The lowest BCUT2D eigenvalue weighted by atomic mass is 10.1. The fourth-order valence-corrected chi connectivity index (χ4v) is 3.11. The van der Waals surface area contributed by atoms with E-state index in [2.05, 4.69) is 17.0 Å². The SMILES string of the molecule is CN(C1CCCN(c2ccccc2)C1)S(C)(=O)=O. The summed E-state index contributed by atoms with van der Waals surface area (Å²) < 4.78 is 24.7. The Balaban J connectivity index is 2.10. The van der Waals surface area contributed by atoms with Crippen LogP contribution in [0.15, 0.2) is 30.3 Å². The minimum Gasteiger partial charge on any atom is -0.370 e. The molecule has 1 atom stereocenters. The molecular weight excluding hydrogens is 248 g/mol. The van der Waals surface area contributed by atoms with Crippen LogP contribution in [0.5, 0.6) is 0 Å². The van der Waals surface area contributed by atoms with Gasteiger partial charge in [0.1, 0.15) is 0 Å². The Morgan fingerprint density at radius 3 is 2.56 bits per heavy atom. The maximum atomic E-state index is 11.6. The number of piperidine rings is 1. The molecule has 0 amide bonds. The fraction of sp³-hybridized carbons (Fsp3) is 0.538. The first-order valence-corrected chi connectivity index (χ1v) is 8.06. The molecule has 1 aromatic carbocycles. The summed E-state index contributed by atoms with van der Waals surface area (Å²) in [5.41, 5.74) is 1.17. The zero-order chi connectivity index (χ0) is 13.2. The molecule has 0 aliphatic carbocycles. The van der Waals surface area contributed by atoms with E-state index in [1.165, 1.54) is 16.2 Å². The highest BCUT2D eigenvalue weighted by Gasteiger charge is 2.27. The number of hydrogen-bond acceptors (Lipinski definition) is 3. The van der Waals surface area contributed by atoms with E-state index >= 15 is 0 Å². The van der Waals surface area contributed by atoms with Crippen molar-refractivity contribution >= 4 is 15.7 Å². The summed E-state index contributed by atoms with van der Waals surface area (Å²) in [6.07, 6.45) is 3.24. The first-order chi connectivity index (χ1) is 8.48. The third-order valence-corrected chi connectivity index (χ3v) is 4.90. The largest absolute Gasteiger partial charge is 0.370 e. The van der Waals surface area contributed by atoms with Gasteiger partial charge in [-0.1, -0.05) is 18.2 Å². The van der Waals surface area contributed by atoms with Crippen molar-refractivity contribution in [1.29, 1.82) is 0 Å². The highest BCUT2D eigenvalue weighted by molar-refractivity contribution is 7.88. The van der Waals surface area contributed by atoms with Crippen LogP contribution in [0.1, 0.15) is 12.8 Å². The van der Waals surface area contributed by atoms with Crippen LogP contribution < -0.4 is 4.90 Å². The Morgan fingerprint density at radius 2 is 1.94 bits per heavy atom. The van der Waals surface area contributed by atoms with Crippen molar-refractivity contribution in [2.45, 2.75) is 18.9 Å². The van der Waals surface area contributed by atoms with Gasteiger partial charge in [0.25, 0.3) is 0 Å². The number of rotatable bonds is 3. The predicted octanol–water partition coefficient (Wildman–Crippen LogP) is 1.55. The molecule has 0 saturated carbocycles. The van der Waals surface area contributed by atoms with Gasteiger partial charge in [-0.25, -0.2) is 12.7 Å². The molecule has 1 aliphatic rings. The van der Waals surface area contributed by atoms with Gasteiger partial charge in [-0.15, -0.1) is 0 Å². The summed E-state index contributed by atoms with van der Waals surface area (Å²) in [7, 11) is -1.43. The number of sulfonamides is 1. The quantitative estimate of drug-likeness (QED) is 0.835. The summed E-state index contributed by atoms with van der Waals surface area (Å²) in [4.78, 5) is 2.26. The average Bonchev–Trinajstić information content (AvgIpc) is 2.38. The predicted molar refractivity (Wildman–Crippen MR) is 74.3 cm³/mol. The minimum atomic E-state index is -3.10. The van der Waals surface area contributed by atoms with Crippen LogP contribution in [0.3, 0.4) is 0 Å². The van der Waals surface area contributed by atoms with E-state index in [-0.39, 0.29) is 6.04 Å². The summed E-state index contributed by atoms with van der Waals surface area (Å²) in [5, 5.41) is 0. The highest BCUT2D eigenvalue weighted by atomic mass is 32.2. The van der Waals surface area contributed by atoms with Crippen LogP contribution in [0.2, 0.25) is 0 Å². The fourth-order valence-electron chi connectivity index (χ4n) is 2.40. The van der Waals surface area contributed by atoms with Gasteiger partial charge in [0.15, 0.2) is 0 Å². The second-order valence-electron chi connectivity index (χ2n) is 4.86. The van der Waals surface area contributed by atoms with Crippen molar-refractivity contribution < 1.29 is 8.42 Å². The van der Waals surface area contributed by atoms with E-state index in [1.54, 1.807) is 7.05 Å². The van der Waals surface area contributed by atoms with Crippen LogP contribution in [0.25, 0.3) is 0 Å². The second-order valence-corrected chi connectivity index (χ2v) is 6.90. The molecule has 1 aromatic rings. The molecule has 18 heavy (non-hydrogen) atoms. The van der Waals surface area contributed by atoms with Crippen LogP contribution in [-0.2, 0) is 10.0 Å². The van der Waals surface area contributed by atoms with Crippen molar-refractivity contribution in [1.82, 2.24) is 4.31 Å². The smallest absolute Gasteiger partial charge is 0.211 e. The van der Waals surface area contributed by atoms with Gasteiger partial charge >= 0.3 is 0 Å². The van der Waals surface area contributed by atoms with Gasteiger partial charge in [-0.2, -0.15) is 0 Å². The van der Waals surface area contributed by atoms with Gasteiger partial charge in [-0.05, 0) is 25.0 Å². The van der Waals surface area contributed by atoms with Gasteiger partial charge in [0.05, 0.1) is 6.26 Å². The van der Waals surface area contributed by atoms with Crippen molar-refractivity contribution in [2.75, 3.05) is 31.3 Å².